The number of rotatable bonds is 4. The van der Waals surface area contributed by atoms with Crippen molar-refractivity contribution in [3.63, 3.8) is 0 Å². The molecule has 1 N–H and O–H groups in total. The Morgan fingerprint density at radius 2 is 1.87 bits per heavy atom. The first-order chi connectivity index (χ1) is 6.91. The monoisotopic (exact) mass is 217 g/mol. The van der Waals surface area contributed by atoms with Gasteiger partial charge in [0.15, 0.2) is 0 Å². The molecule has 0 amide bonds. The van der Waals surface area contributed by atoms with Gasteiger partial charge in [-0.2, -0.15) is 0 Å². The number of halogens is 3. The van der Waals surface area contributed by atoms with E-state index in [-0.39, 0.29) is 18.4 Å². The first-order valence-electron chi connectivity index (χ1n) is 4.41. The van der Waals surface area contributed by atoms with E-state index in [4.69, 9.17) is 5.11 Å². The number of aryl methyl sites for hydroxylation is 1. The maximum atomic E-state index is 12.5. The Bertz CT molecular complexity index is 363. The average Bonchev–Trinajstić information content (AvgIpc) is 2.13. The molecule has 0 saturated carbocycles. The molecule has 15 heavy (non-hydrogen) atoms. The average molecular weight is 217 g/mol. The minimum atomic E-state index is -5.06. The second kappa shape index (κ2) is 4.38. The van der Waals surface area contributed by atoms with Crippen LogP contribution in [-0.2, 0) is 11.2 Å². The molecule has 0 heterocycles. The van der Waals surface area contributed by atoms with Gasteiger partial charge in [-0.25, -0.2) is 0 Å². The van der Waals surface area contributed by atoms with E-state index in [0.29, 0.717) is 0 Å². The fraction of sp³-hybridized carbons (Fsp3) is 0.222. The molecule has 1 aromatic rings. The number of carboxylic acid groups (broad SMARTS) is 1. The molecule has 0 aliphatic carbocycles. The maximum absolute atomic E-state index is 12.5. The predicted molar refractivity (Wildman–Crippen MR) is 51.1 cm³/mol. The Morgan fingerprint density at radius 3 is 2.40 bits per heavy atom. The summed E-state index contributed by atoms with van der Waals surface area (Å²) in [6.07, 6.45) is -0.379. The van der Waals surface area contributed by atoms with E-state index in [1.807, 2.05) is 0 Å². The topological polar surface area (TPSA) is 37.3 Å². The lowest BCUT2D eigenvalue weighted by molar-refractivity contribution is -0.136. The Balaban J connectivity index is 2.92. The van der Waals surface area contributed by atoms with Gasteiger partial charge in [0, 0.05) is 6.42 Å². The molecule has 6 heteroatoms. The lowest BCUT2D eigenvalue weighted by Gasteiger charge is -2.18. The van der Waals surface area contributed by atoms with E-state index >= 15 is 0 Å². The molecule has 0 aliphatic heterocycles. The Kier molecular flexibility index (Phi) is 3.39. The molecule has 1 rings (SSSR count). The first kappa shape index (κ1) is 11.6. The molecule has 2 nitrogen and oxygen atoms in total. The van der Waals surface area contributed by atoms with Crippen LogP contribution in [0.3, 0.4) is 0 Å². The van der Waals surface area contributed by atoms with Gasteiger partial charge in [-0.1, -0.05) is 29.8 Å². The van der Waals surface area contributed by atoms with E-state index < -0.39 is 18.4 Å². The van der Waals surface area contributed by atoms with Crippen molar-refractivity contribution in [3.05, 3.63) is 29.8 Å². The van der Waals surface area contributed by atoms with Crippen molar-refractivity contribution in [2.24, 2.45) is 0 Å². The highest BCUT2D eigenvalue weighted by Crippen LogP contribution is 2.13. The lowest BCUT2D eigenvalue weighted by Crippen LogP contribution is -2.36. The Morgan fingerprint density at radius 1 is 1.27 bits per heavy atom. The van der Waals surface area contributed by atoms with Crippen LogP contribution >= 0.6 is 0 Å². The molecule has 1 aromatic carbocycles. The van der Waals surface area contributed by atoms with Crippen molar-refractivity contribution < 1.29 is 22.8 Å². The molecule has 0 fully saturated rings. The zero-order valence-corrected chi connectivity index (χ0v) is 7.79. The van der Waals surface area contributed by atoms with Crippen LogP contribution in [0, 0.1) is 0 Å². The first-order valence-corrected chi connectivity index (χ1v) is 4.41. The Labute approximate surface area is 84.8 Å². The molecule has 0 atom stereocenters. The minimum Gasteiger partial charge on any atom is -0.481 e. The number of hydrogen-bond donors (Lipinski definition) is 1. The molecule has 82 valence electrons. The van der Waals surface area contributed by atoms with Crippen LogP contribution in [0.1, 0.15) is 12.0 Å². The van der Waals surface area contributed by atoms with Crippen molar-refractivity contribution in [2.75, 3.05) is 0 Å². The van der Waals surface area contributed by atoms with Crippen LogP contribution in [0.2, 0.25) is 0 Å². The summed E-state index contributed by atoms with van der Waals surface area (Å²) in [5, 5.41) is 8.39. The number of carbonyl (C=O) groups is 1. The molecule has 0 bridgehead atoms. The summed E-state index contributed by atoms with van der Waals surface area (Å²) < 4.78 is 37.5. The minimum absolute atomic E-state index is 0.0485. The van der Waals surface area contributed by atoms with E-state index in [1.165, 1.54) is 18.2 Å². The van der Waals surface area contributed by atoms with Crippen LogP contribution in [0.25, 0.3) is 0 Å². The van der Waals surface area contributed by atoms with Crippen molar-refractivity contribution in [3.8, 4) is 0 Å². The zero-order chi connectivity index (χ0) is 11.5. The second-order valence-electron chi connectivity index (χ2n) is 3.17. The molecule has 0 aliphatic rings. The van der Waals surface area contributed by atoms with Crippen LogP contribution in [0.15, 0.2) is 24.3 Å². The third-order valence-corrected chi connectivity index (χ3v) is 2.02. The Hall–Kier alpha value is -1.46. The van der Waals surface area contributed by atoms with Crippen LogP contribution < -0.4 is 5.46 Å². The summed E-state index contributed by atoms with van der Waals surface area (Å²) in [7, 11) is 0. The third kappa shape index (κ3) is 3.30. The summed E-state index contributed by atoms with van der Waals surface area (Å²) in [5.74, 6) is -1.10. The summed E-state index contributed by atoms with van der Waals surface area (Å²) >= 11 is 0. The number of hydrogen-bond acceptors (Lipinski definition) is 1. The quantitative estimate of drug-likeness (QED) is 0.780. The third-order valence-electron chi connectivity index (χ3n) is 2.02. The van der Waals surface area contributed by atoms with Gasteiger partial charge in [0.1, 0.15) is 0 Å². The van der Waals surface area contributed by atoms with Gasteiger partial charge < -0.3 is 18.1 Å². The highest BCUT2D eigenvalue weighted by Gasteiger charge is 2.27. The van der Waals surface area contributed by atoms with Crippen molar-refractivity contribution in [1.82, 2.24) is 0 Å². The van der Waals surface area contributed by atoms with E-state index in [0.717, 1.165) is 6.07 Å². The van der Waals surface area contributed by atoms with Crippen LogP contribution in [0.5, 0.6) is 0 Å². The number of benzene rings is 1. The highest BCUT2D eigenvalue weighted by molar-refractivity contribution is 6.74. The molecular formula is C9H9BF3O2-. The normalized spacial score (nSPS) is 11.4. The summed E-state index contributed by atoms with van der Waals surface area (Å²) in [6, 6.07) is 5.07. The van der Waals surface area contributed by atoms with Gasteiger partial charge in [0.25, 0.3) is 0 Å². The summed E-state index contributed by atoms with van der Waals surface area (Å²) in [6.45, 7) is -5.06. The number of aliphatic carboxylic acids is 1. The van der Waals surface area contributed by atoms with Gasteiger partial charge in [0.2, 0.25) is 0 Å². The van der Waals surface area contributed by atoms with Gasteiger partial charge >= 0.3 is 12.9 Å². The molecule has 0 unspecified atom stereocenters. The molecule has 0 aromatic heterocycles. The number of carboxylic acids is 1. The van der Waals surface area contributed by atoms with E-state index in [2.05, 4.69) is 0 Å². The maximum Gasteiger partial charge on any atom is 0.509 e. The van der Waals surface area contributed by atoms with Gasteiger partial charge in [0.05, 0.1) is 0 Å². The smallest absolute Gasteiger partial charge is 0.481 e. The molecule has 0 radical (unpaired) electrons. The van der Waals surface area contributed by atoms with Crippen molar-refractivity contribution >= 4 is 18.4 Å². The SMILES string of the molecule is O=C(O)CCc1ccccc1[B-](F)(F)F. The summed E-state index contributed by atoms with van der Waals surface area (Å²) in [5.41, 5.74) is -0.647. The van der Waals surface area contributed by atoms with Gasteiger partial charge in [-0.15, -0.1) is 5.46 Å². The molecule has 0 spiro atoms. The van der Waals surface area contributed by atoms with Crippen LogP contribution in [-0.4, -0.2) is 18.1 Å². The second-order valence-corrected chi connectivity index (χ2v) is 3.17. The van der Waals surface area contributed by atoms with Gasteiger partial charge in [-0.3, -0.25) is 4.79 Å². The predicted octanol–water partition coefficient (Wildman–Crippen LogP) is 1.76. The lowest BCUT2D eigenvalue weighted by atomic mass is 9.76. The van der Waals surface area contributed by atoms with Crippen molar-refractivity contribution in [2.45, 2.75) is 12.8 Å². The zero-order valence-electron chi connectivity index (χ0n) is 7.79. The standard InChI is InChI=1S/C9H9BF3O2/c11-10(12,13)8-4-2-1-3-7(8)5-6-9(14)15/h1-4H,5-6H2,(H,14,15)/q-1. The van der Waals surface area contributed by atoms with Crippen LogP contribution in [0.4, 0.5) is 12.9 Å². The van der Waals surface area contributed by atoms with Crippen molar-refractivity contribution in [1.29, 1.82) is 0 Å². The largest absolute Gasteiger partial charge is 0.509 e. The van der Waals surface area contributed by atoms with E-state index in [1.54, 1.807) is 0 Å². The summed E-state index contributed by atoms with van der Waals surface area (Å²) in [4.78, 5) is 10.3. The molecular weight excluding hydrogens is 208 g/mol. The van der Waals surface area contributed by atoms with Gasteiger partial charge in [-0.05, 0) is 6.42 Å². The van der Waals surface area contributed by atoms with E-state index in [9.17, 15) is 17.7 Å². The fourth-order valence-corrected chi connectivity index (χ4v) is 1.32. The molecule has 0 saturated heterocycles. The highest BCUT2D eigenvalue weighted by atomic mass is 19.4. The fourth-order valence-electron chi connectivity index (χ4n) is 1.32.